The van der Waals surface area contributed by atoms with Crippen molar-refractivity contribution in [3.8, 4) is 0 Å². The van der Waals surface area contributed by atoms with Gasteiger partial charge in [-0.3, -0.25) is 37.1 Å². The largest absolute Gasteiger partial charge is 1.00 e. The second kappa shape index (κ2) is 27.7. The van der Waals surface area contributed by atoms with Gasteiger partial charge in [0, 0.05) is 25.9 Å². The summed E-state index contributed by atoms with van der Waals surface area (Å²) in [6.45, 7) is 1.40. The molecule has 0 unspecified atom stereocenters. The molecule has 8 N–H and O–H groups in total. The molecule has 6 atom stereocenters. The van der Waals surface area contributed by atoms with Gasteiger partial charge in [-0.15, -0.1) is 0 Å². The number of nitrogens with two attached hydrogens (primary N) is 1. The van der Waals surface area contributed by atoms with E-state index >= 15 is 0 Å². The van der Waals surface area contributed by atoms with Crippen LogP contribution in [0.15, 0.2) is 60.7 Å². The number of nitrogens with one attached hydrogen (secondary N) is 5. The molecular weight excluding hydrogens is 909 g/mol. The number of nitrogens with zero attached hydrogens (tertiary/aromatic N) is 1. The summed E-state index contributed by atoms with van der Waals surface area (Å²) in [4.78, 5) is 93.2. The van der Waals surface area contributed by atoms with Gasteiger partial charge in [-0.2, -0.15) is 0 Å². The summed E-state index contributed by atoms with van der Waals surface area (Å²) < 4.78 is 74.0. The van der Waals surface area contributed by atoms with Crippen molar-refractivity contribution in [1.29, 1.82) is 0 Å². The fourth-order valence-corrected chi connectivity index (χ4v) is 7.16. The zero-order chi connectivity index (χ0) is 46.2. The van der Waals surface area contributed by atoms with Crippen LogP contribution in [-0.4, -0.2) is 133 Å². The van der Waals surface area contributed by atoms with E-state index in [0.717, 1.165) is 0 Å². The number of urea groups is 1. The molecule has 1 saturated heterocycles. The Bertz CT molecular complexity index is 2120. The van der Waals surface area contributed by atoms with Gasteiger partial charge in [0.25, 0.3) is 0 Å². The Hall–Kier alpha value is -3.73. The number of hydrogen-bond acceptors (Lipinski definition) is 15. The molecule has 3 rings (SSSR count). The van der Waals surface area contributed by atoms with Crippen molar-refractivity contribution in [3.63, 3.8) is 0 Å². The average Bonchev–Trinajstić information content (AvgIpc) is 3.68. The number of carbonyl (C=O) groups is 7. The van der Waals surface area contributed by atoms with Crippen LogP contribution in [0, 0.1) is 5.92 Å². The molecule has 0 saturated carbocycles. The Morgan fingerprint density at radius 2 is 1.30 bits per heavy atom. The molecule has 0 aliphatic carbocycles. The molecule has 7 amide bonds. The Morgan fingerprint density at radius 1 is 0.781 bits per heavy atom. The second-order valence-corrected chi connectivity index (χ2v) is 16.7. The average molecular weight is 958 g/mol. The van der Waals surface area contributed by atoms with Gasteiger partial charge in [-0.25, -0.2) is 21.6 Å². The topological polar surface area (TPSA) is 362 Å². The summed E-state index contributed by atoms with van der Waals surface area (Å²) in [6.07, 6.45) is -2.49. The van der Waals surface area contributed by atoms with E-state index in [2.05, 4.69) is 35.0 Å². The molecule has 64 heavy (non-hydrogen) atoms. The molecule has 1 aliphatic heterocycles. The number of amides is 7. The van der Waals surface area contributed by atoms with Crippen LogP contribution in [0.5, 0.6) is 0 Å². The Kier molecular flexibility index (Phi) is 25.2. The SMILES string of the molecule is CC(C)C[C@H](NC(=O)NC[C@@H](COS(=O)(=O)[O-])OS(=O)(=O)[O-])C(=O)N1CCC[C@H]1C(=O)N[C@@H](Cc1ccccc1)C(=O)N[C@@H](Cc1ccccc1)C(=O)N[C@@H](CC(=O)O)C(N)=O.[Na+].[Na+]. The van der Waals surface area contributed by atoms with Gasteiger partial charge in [-0.05, 0) is 36.3 Å². The minimum absolute atomic E-state index is 0. The number of benzene rings is 2. The minimum atomic E-state index is -5.46. The van der Waals surface area contributed by atoms with Crippen LogP contribution in [0.2, 0.25) is 0 Å². The maximum Gasteiger partial charge on any atom is 1.00 e. The first-order valence-electron chi connectivity index (χ1n) is 19.1. The zero-order valence-corrected chi connectivity index (χ0v) is 41.2. The summed E-state index contributed by atoms with van der Waals surface area (Å²) in [5.41, 5.74) is 6.51. The van der Waals surface area contributed by atoms with E-state index in [1.165, 1.54) is 4.90 Å². The van der Waals surface area contributed by atoms with Crippen LogP contribution >= 0.6 is 0 Å². The van der Waals surface area contributed by atoms with Crippen molar-refractivity contribution >= 4 is 62.3 Å². The summed E-state index contributed by atoms with van der Waals surface area (Å²) in [6, 6.07) is 9.01. The van der Waals surface area contributed by atoms with Crippen LogP contribution in [0.25, 0.3) is 0 Å². The van der Waals surface area contributed by atoms with E-state index in [-0.39, 0.29) is 97.3 Å². The number of primary amides is 1. The van der Waals surface area contributed by atoms with Crippen molar-refractivity contribution in [1.82, 2.24) is 31.5 Å². The molecule has 1 fully saturated rings. The predicted molar refractivity (Wildman–Crippen MR) is 212 cm³/mol. The maximum atomic E-state index is 14.1. The molecular formula is C37H49N7Na2O16S2. The van der Waals surface area contributed by atoms with Crippen LogP contribution < -0.4 is 91.4 Å². The van der Waals surface area contributed by atoms with Crippen molar-refractivity contribution in [2.24, 2.45) is 11.7 Å². The van der Waals surface area contributed by atoms with Crippen LogP contribution in [0.1, 0.15) is 50.7 Å². The number of carboxylic acid groups (broad SMARTS) is 1. The first-order chi connectivity index (χ1) is 29.0. The first kappa shape index (κ1) is 58.3. The van der Waals surface area contributed by atoms with Gasteiger partial charge in [0.15, 0.2) is 0 Å². The van der Waals surface area contributed by atoms with E-state index < -0.39 is 118 Å². The molecule has 1 aliphatic rings. The molecule has 23 nitrogen and oxygen atoms in total. The minimum Gasteiger partial charge on any atom is -0.726 e. The fourth-order valence-electron chi connectivity index (χ4n) is 6.39. The first-order valence-corrected chi connectivity index (χ1v) is 21.8. The quantitative estimate of drug-likeness (QED) is 0.0292. The van der Waals surface area contributed by atoms with E-state index in [0.29, 0.717) is 17.5 Å². The van der Waals surface area contributed by atoms with Gasteiger partial charge in [-0.1, -0.05) is 74.5 Å². The number of rotatable bonds is 24. The summed E-state index contributed by atoms with van der Waals surface area (Å²) in [5.74, 6) is -6.01. The van der Waals surface area contributed by atoms with Crippen molar-refractivity contribution < 1.29 is 132 Å². The Morgan fingerprint density at radius 3 is 1.77 bits per heavy atom. The third-order valence-corrected chi connectivity index (χ3v) is 10.1. The molecule has 27 heteroatoms. The molecule has 2 aromatic rings. The number of carboxylic acids is 1. The zero-order valence-electron chi connectivity index (χ0n) is 35.6. The van der Waals surface area contributed by atoms with Crippen molar-refractivity contribution in [3.05, 3.63) is 71.8 Å². The fraction of sp³-hybridized carbons (Fsp3) is 0.486. The summed E-state index contributed by atoms with van der Waals surface area (Å²) in [5, 5.41) is 21.4. The predicted octanol–water partition coefficient (Wildman–Crippen LogP) is -8.08. The summed E-state index contributed by atoms with van der Waals surface area (Å²) in [7, 11) is -10.8. The molecule has 0 bridgehead atoms. The van der Waals surface area contributed by atoms with E-state index in [1.807, 2.05) is 0 Å². The number of carbonyl (C=O) groups excluding carboxylic acids is 6. The van der Waals surface area contributed by atoms with E-state index in [9.17, 15) is 64.6 Å². The Balaban J connectivity index is 0.0000102. The van der Waals surface area contributed by atoms with Crippen LogP contribution in [-0.2, 0) is 70.8 Å². The smallest absolute Gasteiger partial charge is 0.726 e. The van der Waals surface area contributed by atoms with Gasteiger partial charge in [0.1, 0.15) is 36.3 Å². The second-order valence-electron chi connectivity index (χ2n) is 14.6. The third-order valence-electron chi connectivity index (χ3n) is 9.16. The molecule has 0 spiro atoms. The molecule has 1 heterocycles. The van der Waals surface area contributed by atoms with Crippen LogP contribution in [0.3, 0.4) is 0 Å². The molecule has 0 aromatic heterocycles. The standard InChI is InChI=1S/C37H51N7O16S2.2Na/c1-22(2)16-29(43-37(52)39-20-25(60-62(56,57)58)21-59-61(53,54)55)36(51)44-15-9-14-30(44)35(50)42-28(18-24-12-7-4-8-13-24)34(49)41-27(17-23-10-5-3-6-11-23)33(48)40-26(32(38)47)19-31(45)46;;/h3-8,10-13,22,25-30H,9,14-21H2,1-2H3,(H2,38,47)(H,40,48)(H,41,49)(H,42,50)(H,45,46)(H2,39,43,52)(H,53,54,55)(H,56,57,58);;/q;2*+1/p-2/t25-,26-,27-,28-,29-,30-;;/m0../s1. The molecule has 2 aromatic carbocycles. The van der Waals surface area contributed by atoms with Gasteiger partial charge in [0.05, 0.1) is 13.0 Å². The van der Waals surface area contributed by atoms with Gasteiger partial charge < -0.3 is 51.4 Å². The normalized spacial score (nSPS) is 16.0. The van der Waals surface area contributed by atoms with Gasteiger partial charge >= 0.3 is 71.1 Å². The number of hydrogen-bond donors (Lipinski definition) is 7. The number of aliphatic carboxylic acids is 1. The maximum absolute atomic E-state index is 14.1. The van der Waals surface area contributed by atoms with Crippen molar-refractivity contribution in [2.45, 2.75) is 88.7 Å². The van der Waals surface area contributed by atoms with Crippen molar-refractivity contribution in [2.75, 3.05) is 19.7 Å². The molecule has 0 radical (unpaired) electrons. The van der Waals surface area contributed by atoms with Crippen LogP contribution in [0.4, 0.5) is 4.79 Å². The molecule has 342 valence electrons. The third kappa shape index (κ3) is 21.5. The Labute approximate surface area is 414 Å². The summed E-state index contributed by atoms with van der Waals surface area (Å²) >= 11 is 0. The van der Waals surface area contributed by atoms with E-state index in [1.54, 1.807) is 74.5 Å². The van der Waals surface area contributed by atoms with E-state index in [4.69, 9.17) is 5.73 Å². The number of likely N-dealkylation sites (tertiary alicyclic amines) is 1. The monoisotopic (exact) mass is 957 g/mol. The van der Waals surface area contributed by atoms with Gasteiger partial charge in [0.2, 0.25) is 50.3 Å².